The summed E-state index contributed by atoms with van der Waals surface area (Å²) in [6.45, 7) is 1.99. The summed E-state index contributed by atoms with van der Waals surface area (Å²) in [6.07, 6.45) is 3.89. The highest BCUT2D eigenvalue weighted by molar-refractivity contribution is 5.87. The first-order chi connectivity index (χ1) is 10.1. The highest BCUT2D eigenvalue weighted by atomic mass is 16.5. The molecular weight excluding hydrogens is 266 g/mol. The first-order valence-corrected chi connectivity index (χ1v) is 6.99. The molecule has 0 unspecified atom stereocenters. The van der Waals surface area contributed by atoms with E-state index in [1.807, 2.05) is 31.2 Å². The normalized spacial score (nSPS) is 15.2. The summed E-state index contributed by atoms with van der Waals surface area (Å²) in [5, 5.41) is 0.803. The quantitative estimate of drug-likeness (QED) is 0.689. The Morgan fingerprint density at radius 3 is 2.90 bits per heavy atom. The molecule has 1 aromatic carbocycles. The number of nitrogens with zero attached hydrogens (tertiary/aromatic N) is 2. The highest BCUT2D eigenvalue weighted by Gasteiger charge is 2.23. The predicted molar refractivity (Wildman–Crippen MR) is 80.2 cm³/mol. The smallest absolute Gasteiger partial charge is 0.331 e. The van der Waals surface area contributed by atoms with Crippen LogP contribution in [0.3, 0.4) is 0 Å². The lowest BCUT2D eigenvalue weighted by Crippen LogP contribution is -2.07. The Balaban J connectivity index is 1.70. The Kier molecular flexibility index (Phi) is 3.56. The molecule has 0 atom stereocenters. The monoisotopic (exact) mass is 283 g/mol. The van der Waals surface area contributed by atoms with Crippen molar-refractivity contribution in [1.82, 2.24) is 9.97 Å². The second kappa shape index (κ2) is 5.52. The van der Waals surface area contributed by atoms with Crippen LogP contribution in [0.4, 0.5) is 5.82 Å². The summed E-state index contributed by atoms with van der Waals surface area (Å²) >= 11 is 0. The molecule has 21 heavy (non-hydrogen) atoms. The van der Waals surface area contributed by atoms with Crippen molar-refractivity contribution in [3.05, 3.63) is 41.7 Å². The third kappa shape index (κ3) is 3.18. The minimum Gasteiger partial charge on any atom is -0.454 e. The molecule has 1 fully saturated rings. The Labute approximate surface area is 122 Å². The summed E-state index contributed by atoms with van der Waals surface area (Å²) in [7, 11) is 0. The van der Waals surface area contributed by atoms with E-state index >= 15 is 0 Å². The van der Waals surface area contributed by atoms with Crippen LogP contribution in [0, 0.1) is 5.92 Å². The van der Waals surface area contributed by atoms with Gasteiger partial charge in [-0.2, -0.15) is 0 Å². The lowest BCUT2D eigenvalue weighted by molar-refractivity contribution is -0.139. The van der Waals surface area contributed by atoms with E-state index in [9.17, 15) is 4.79 Å². The lowest BCUT2D eigenvalue weighted by atomic mass is 10.2. The van der Waals surface area contributed by atoms with Gasteiger partial charge in [-0.25, -0.2) is 14.8 Å². The number of para-hydroxylation sites is 1. The van der Waals surface area contributed by atoms with Gasteiger partial charge in [-0.05, 0) is 37.8 Å². The highest BCUT2D eigenvalue weighted by Crippen LogP contribution is 2.35. The molecular formula is C16H17N3O2. The average molecular weight is 283 g/mol. The van der Waals surface area contributed by atoms with Crippen molar-refractivity contribution in [1.29, 1.82) is 0 Å². The fraction of sp³-hybridized carbons (Fsp3) is 0.312. The Morgan fingerprint density at radius 1 is 1.38 bits per heavy atom. The molecule has 108 valence electrons. The van der Waals surface area contributed by atoms with Gasteiger partial charge in [0.05, 0.1) is 5.52 Å². The molecule has 3 rings (SSSR count). The summed E-state index contributed by atoms with van der Waals surface area (Å²) in [6, 6.07) is 7.48. The number of nitrogen functional groups attached to an aromatic ring is 1. The van der Waals surface area contributed by atoms with Crippen molar-refractivity contribution >= 4 is 22.7 Å². The SMILES string of the molecule is C/C(=C\C(=O)OCc1nc(N)c2ccccc2n1)C1CC1. The van der Waals surface area contributed by atoms with E-state index < -0.39 is 0 Å². The fourth-order valence-corrected chi connectivity index (χ4v) is 2.24. The van der Waals surface area contributed by atoms with Gasteiger partial charge in [0.25, 0.3) is 0 Å². The van der Waals surface area contributed by atoms with Crippen LogP contribution in [-0.2, 0) is 16.1 Å². The van der Waals surface area contributed by atoms with Crippen molar-refractivity contribution in [3.8, 4) is 0 Å². The van der Waals surface area contributed by atoms with Crippen molar-refractivity contribution in [3.63, 3.8) is 0 Å². The summed E-state index contributed by atoms with van der Waals surface area (Å²) < 4.78 is 5.18. The maximum atomic E-state index is 11.7. The molecule has 1 aromatic heterocycles. The number of benzene rings is 1. The van der Waals surface area contributed by atoms with Crippen LogP contribution in [0.25, 0.3) is 10.9 Å². The predicted octanol–water partition coefficient (Wildman–Crippen LogP) is 2.61. The van der Waals surface area contributed by atoms with Gasteiger partial charge < -0.3 is 10.5 Å². The molecule has 0 aliphatic heterocycles. The number of fused-ring (bicyclic) bond motifs is 1. The molecule has 2 aromatic rings. The Hall–Kier alpha value is -2.43. The molecule has 5 heteroatoms. The molecule has 0 saturated heterocycles. The van der Waals surface area contributed by atoms with E-state index in [0.29, 0.717) is 17.6 Å². The van der Waals surface area contributed by atoms with Gasteiger partial charge in [0, 0.05) is 11.5 Å². The van der Waals surface area contributed by atoms with Crippen molar-refractivity contribution < 1.29 is 9.53 Å². The number of ether oxygens (including phenoxy) is 1. The average Bonchev–Trinajstić information content (AvgIpc) is 3.30. The van der Waals surface area contributed by atoms with Gasteiger partial charge in [0.15, 0.2) is 12.4 Å². The number of carbonyl (C=O) groups is 1. The van der Waals surface area contributed by atoms with Gasteiger partial charge in [-0.15, -0.1) is 0 Å². The Morgan fingerprint density at radius 2 is 2.14 bits per heavy atom. The first-order valence-electron chi connectivity index (χ1n) is 6.99. The number of rotatable bonds is 4. The van der Waals surface area contributed by atoms with Crippen LogP contribution < -0.4 is 5.73 Å². The van der Waals surface area contributed by atoms with Gasteiger partial charge in [0.1, 0.15) is 5.82 Å². The van der Waals surface area contributed by atoms with Crippen LogP contribution in [0.2, 0.25) is 0 Å². The molecule has 1 aliphatic carbocycles. The second-order valence-electron chi connectivity index (χ2n) is 5.31. The minimum atomic E-state index is -0.352. The van der Waals surface area contributed by atoms with Crippen molar-refractivity contribution in [2.24, 2.45) is 5.92 Å². The maximum Gasteiger partial charge on any atom is 0.331 e. The number of hydrogen-bond acceptors (Lipinski definition) is 5. The summed E-state index contributed by atoms with van der Waals surface area (Å²) in [4.78, 5) is 20.2. The zero-order valence-electron chi connectivity index (χ0n) is 11.9. The molecule has 1 saturated carbocycles. The zero-order chi connectivity index (χ0) is 14.8. The maximum absolute atomic E-state index is 11.7. The number of anilines is 1. The standard InChI is InChI=1S/C16H17N3O2/c1-10(11-6-7-11)8-15(20)21-9-14-18-13-5-3-2-4-12(13)16(17)19-14/h2-5,8,11H,6-7,9H2,1H3,(H2,17,18,19)/b10-8+. The number of nitrogens with two attached hydrogens (primary N) is 1. The van der Waals surface area contributed by atoms with Crippen LogP contribution in [-0.4, -0.2) is 15.9 Å². The second-order valence-corrected chi connectivity index (χ2v) is 5.31. The number of allylic oxidation sites excluding steroid dienone is 1. The number of hydrogen-bond donors (Lipinski definition) is 1. The summed E-state index contributed by atoms with van der Waals surface area (Å²) in [5.41, 5.74) is 7.72. The molecule has 5 nitrogen and oxygen atoms in total. The molecule has 2 N–H and O–H groups in total. The van der Waals surface area contributed by atoms with Crippen LogP contribution in [0.5, 0.6) is 0 Å². The van der Waals surface area contributed by atoms with Gasteiger partial charge >= 0.3 is 5.97 Å². The van der Waals surface area contributed by atoms with Crippen molar-refractivity contribution in [2.75, 3.05) is 5.73 Å². The van der Waals surface area contributed by atoms with Gasteiger partial charge in [-0.3, -0.25) is 0 Å². The fourth-order valence-electron chi connectivity index (χ4n) is 2.24. The number of aromatic nitrogens is 2. The van der Waals surface area contributed by atoms with E-state index in [-0.39, 0.29) is 12.6 Å². The molecule has 1 aliphatic rings. The first kappa shape index (κ1) is 13.5. The van der Waals surface area contributed by atoms with Crippen LogP contribution in [0.1, 0.15) is 25.6 Å². The van der Waals surface area contributed by atoms with Crippen molar-refractivity contribution in [2.45, 2.75) is 26.4 Å². The lowest BCUT2D eigenvalue weighted by Gasteiger charge is -2.06. The van der Waals surface area contributed by atoms with E-state index in [0.717, 1.165) is 16.5 Å². The van der Waals surface area contributed by atoms with E-state index in [4.69, 9.17) is 10.5 Å². The third-order valence-electron chi connectivity index (χ3n) is 3.59. The molecule has 0 spiro atoms. The van der Waals surface area contributed by atoms with E-state index in [1.54, 1.807) is 6.08 Å². The molecule has 0 bridgehead atoms. The van der Waals surface area contributed by atoms with Gasteiger partial charge in [0.2, 0.25) is 0 Å². The largest absolute Gasteiger partial charge is 0.454 e. The number of esters is 1. The zero-order valence-corrected chi connectivity index (χ0v) is 11.9. The van der Waals surface area contributed by atoms with Gasteiger partial charge in [-0.1, -0.05) is 17.7 Å². The van der Waals surface area contributed by atoms with E-state index in [1.165, 1.54) is 12.8 Å². The minimum absolute atomic E-state index is 0.0301. The van der Waals surface area contributed by atoms with Crippen LogP contribution in [0.15, 0.2) is 35.9 Å². The third-order valence-corrected chi connectivity index (χ3v) is 3.59. The summed E-state index contributed by atoms with van der Waals surface area (Å²) in [5.74, 6) is 1.02. The topological polar surface area (TPSA) is 78.1 Å². The molecule has 0 radical (unpaired) electrons. The number of carbonyl (C=O) groups excluding carboxylic acids is 1. The molecule has 1 heterocycles. The molecule has 0 amide bonds. The van der Waals surface area contributed by atoms with Crippen LogP contribution >= 0.6 is 0 Å². The Bertz CT molecular complexity index is 721. The van der Waals surface area contributed by atoms with E-state index in [2.05, 4.69) is 9.97 Å².